The zero-order valence-corrected chi connectivity index (χ0v) is 16.5. The highest BCUT2D eigenvalue weighted by Gasteiger charge is 2.27. The van der Waals surface area contributed by atoms with E-state index in [9.17, 15) is 4.79 Å². The number of nitrogens with one attached hydrogen (secondary N) is 2. The molecule has 0 atom stereocenters. The number of fused-ring (bicyclic) bond motifs is 1. The highest BCUT2D eigenvalue weighted by atomic mass is 16.1. The lowest BCUT2D eigenvalue weighted by molar-refractivity contribution is 0.0886. The summed E-state index contributed by atoms with van der Waals surface area (Å²) < 4.78 is 0. The van der Waals surface area contributed by atoms with E-state index in [0.29, 0.717) is 5.56 Å². The largest absolute Gasteiger partial charge is 0.369 e. The Kier molecular flexibility index (Phi) is 5.05. The van der Waals surface area contributed by atoms with Gasteiger partial charge >= 0.3 is 0 Å². The Morgan fingerprint density at radius 2 is 1.86 bits per heavy atom. The second kappa shape index (κ2) is 7.64. The van der Waals surface area contributed by atoms with Crippen molar-refractivity contribution in [2.45, 2.75) is 19.4 Å². The van der Waals surface area contributed by atoms with Gasteiger partial charge in [0.2, 0.25) is 0 Å². The fraction of sp³-hybridized carbons (Fsp3) is 0.364. The Hall–Kier alpha value is -2.86. The maximum atomic E-state index is 12.9. The number of H-pyrrole nitrogens is 1. The molecule has 4 rings (SSSR count). The van der Waals surface area contributed by atoms with Crippen LogP contribution in [-0.4, -0.2) is 59.0 Å². The van der Waals surface area contributed by atoms with E-state index in [2.05, 4.69) is 69.3 Å². The monoisotopic (exact) mass is 377 g/mol. The van der Waals surface area contributed by atoms with Crippen molar-refractivity contribution in [3.8, 4) is 0 Å². The van der Waals surface area contributed by atoms with Gasteiger partial charge in [-0.05, 0) is 38.1 Å². The minimum Gasteiger partial charge on any atom is -0.369 e. The summed E-state index contributed by atoms with van der Waals surface area (Å²) in [6.45, 7) is 8.98. The van der Waals surface area contributed by atoms with Crippen molar-refractivity contribution in [1.82, 2.24) is 20.2 Å². The number of anilines is 1. The van der Waals surface area contributed by atoms with Crippen molar-refractivity contribution >= 4 is 22.6 Å². The molecule has 0 aliphatic carbocycles. The Bertz CT molecular complexity index is 942. The Labute approximate surface area is 165 Å². The van der Waals surface area contributed by atoms with Crippen LogP contribution in [0.1, 0.15) is 24.2 Å². The maximum Gasteiger partial charge on any atom is 0.252 e. The zero-order chi connectivity index (χ0) is 19.6. The van der Waals surface area contributed by atoms with Crippen LogP contribution < -0.4 is 10.2 Å². The summed E-state index contributed by atoms with van der Waals surface area (Å²) in [7, 11) is 0. The smallest absolute Gasteiger partial charge is 0.252 e. The Balaban J connectivity index is 1.36. The van der Waals surface area contributed by atoms with Crippen molar-refractivity contribution < 1.29 is 4.79 Å². The second-order valence-electron chi connectivity index (χ2n) is 8.04. The van der Waals surface area contributed by atoms with Crippen LogP contribution in [0, 0.1) is 0 Å². The van der Waals surface area contributed by atoms with Crippen LogP contribution in [0.3, 0.4) is 0 Å². The fourth-order valence-corrected chi connectivity index (χ4v) is 3.94. The van der Waals surface area contributed by atoms with Crippen LogP contribution in [0.25, 0.3) is 11.0 Å². The van der Waals surface area contributed by atoms with E-state index < -0.39 is 0 Å². The molecule has 146 valence electrons. The van der Waals surface area contributed by atoms with Crippen molar-refractivity contribution in [2.75, 3.05) is 37.6 Å². The molecule has 3 heterocycles. The molecule has 1 aliphatic rings. The second-order valence-corrected chi connectivity index (χ2v) is 8.04. The first-order chi connectivity index (χ1) is 13.5. The lowest BCUT2D eigenvalue weighted by atomic mass is 10.0. The number of nitrogens with zero attached hydrogens (tertiary/aromatic N) is 3. The molecule has 28 heavy (non-hydrogen) atoms. The van der Waals surface area contributed by atoms with Gasteiger partial charge in [0, 0.05) is 61.7 Å². The summed E-state index contributed by atoms with van der Waals surface area (Å²) in [5.41, 5.74) is 2.36. The molecule has 0 unspecified atom stereocenters. The molecular weight excluding hydrogens is 350 g/mol. The number of hydrogen-bond donors (Lipinski definition) is 2. The first kappa shape index (κ1) is 18.5. The molecule has 6 heteroatoms. The van der Waals surface area contributed by atoms with Gasteiger partial charge in [0.05, 0.1) is 5.56 Å². The number of benzene rings is 1. The number of para-hydroxylation sites is 1. The van der Waals surface area contributed by atoms with Gasteiger partial charge in [-0.3, -0.25) is 9.69 Å². The summed E-state index contributed by atoms with van der Waals surface area (Å²) in [5, 5.41) is 4.06. The highest BCUT2D eigenvalue weighted by Crippen LogP contribution is 2.19. The predicted molar refractivity (Wildman–Crippen MR) is 113 cm³/mol. The number of piperazine rings is 1. The van der Waals surface area contributed by atoms with Gasteiger partial charge in [-0.1, -0.05) is 18.2 Å². The van der Waals surface area contributed by atoms with Gasteiger partial charge in [-0.2, -0.15) is 0 Å². The van der Waals surface area contributed by atoms with E-state index >= 15 is 0 Å². The summed E-state index contributed by atoms with van der Waals surface area (Å²) in [4.78, 5) is 25.0. The van der Waals surface area contributed by atoms with Crippen LogP contribution in [-0.2, 0) is 0 Å². The van der Waals surface area contributed by atoms with E-state index in [1.807, 2.05) is 12.3 Å². The van der Waals surface area contributed by atoms with Crippen LogP contribution >= 0.6 is 0 Å². The standard InChI is InChI=1S/C22H27N5O/c1-22(2,25-21(28)19-9-11-24-20-18(19)8-10-23-20)16-26-12-14-27(15-13-26)17-6-4-3-5-7-17/h3-11H,12-16H2,1-2H3,(H,23,24)(H,25,28). The SMILES string of the molecule is CC(C)(CN1CCN(c2ccccc2)CC1)NC(=O)c1ccnc2[nH]ccc12. The normalized spacial score (nSPS) is 15.7. The maximum absolute atomic E-state index is 12.9. The minimum atomic E-state index is -0.322. The predicted octanol–water partition coefficient (Wildman–Crippen LogP) is 2.89. The quantitative estimate of drug-likeness (QED) is 0.718. The number of amides is 1. The molecule has 1 aliphatic heterocycles. The average Bonchev–Trinajstić information content (AvgIpc) is 3.17. The fourth-order valence-electron chi connectivity index (χ4n) is 3.94. The number of carbonyl (C=O) groups excluding carboxylic acids is 1. The minimum absolute atomic E-state index is 0.0556. The number of rotatable bonds is 5. The van der Waals surface area contributed by atoms with Crippen LogP contribution in [0.15, 0.2) is 54.9 Å². The van der Waals surface area contributed by atoms with Crippen LogP contribution in [0.2, 0.25) is 0 Å². The number of hydrogen-bond acceptors (Lipinski definition) is 4. The molecule has 2 N–H and O–H groups in total. The summed E-state index contributed by atoms with van der Waals surface area (Å²) in [5.74, 6) is -0.0556. The molecule has 0 saturated carbocycles. The average molecular weight is 377 g/mol. The van der Waals surface area contributed by atoms with E-state index in [1.165, 1.54) is 5.69 Å². The van der Waals surface area contributed by atoms with Gasteiger partial charge < -0.3 is 15.2 Å². The van der Waals surface area contributed by atoms with E-state index in [-0.39, 0.29) is 11.4 Å². The summed E-state index contributed by atoms with van der Waals surface area (Å²) >= 11 is 0. The van der Waals surface area contributed by atoms with Crippen molar-refractivity contribution in [1.29, 1.82) is 0 Å². The van der Waals surface area contributed by atoms with Gasteiger partial charge in [-0.15, -0.1) is 0 Å². The van der Waals surface area contributed by atoms with Gasteiger partial charge in [0.25, 0.3) is 5.91 Å². The topological polar surface area (TPSA) is 64.3 Å². The molecule has 6 nitrogen and oxygen atoms in total. The molecule has 3 aromatic rings. The highest BCUT2D eigenvalue weighted by molar-refractivity contribution is 6.05. The van der Waals surface area contributed by atoms with Crippen LogP contribution in [0.5, 0.6) is 0 Å². The zero-order valence-electron chi connectivity index (χ0n) is 16.5. The Morgan fingerprint density at radius 3 is 2.61 bits per heavy atom. The summed E-state index contributed by atoms with van der Waals surface area (Å²) in [6.07, 6.45) is 3.48. The van der Waals surface area contributed by atoms with Crippen molar-refractivity contribution in [3.05, 3.63) is 60.4 Å². The number of aromatic nitrogens is 2. The van der Waals surface area contributed by atoms with E-state index in [1.54, 1.807) is 12.3 Å². The summed E-state index contributed by atoms with van der Waals surface area (Å²) in [6, 6.07) is 14.2. The molecule has 1 fully saturated rings. The molecule has 1 amide bonds. The van der Waals surface area contributed by atoms with Crippen molar-refractivity contribution in [2.24, 2.45) is 0 Å². The molecule has 2 aromatic heterocycles. The molecular formula is C22H27N5O. The van der Waals surface area contributed by atoms with Gasteiger partial charge in [-0.25, -0.2) is 4.98 Å². The lowest BCUT2D eigenvalue weighted by Gasteiger charge is -2.40. The molecule has 0 spiro atoms. The Morgan fingerprint density at radius 1 is 1.11 bits per heavy atom. The van der Waals surface area contributed by atoms with Gasteiger partial charge in [0.15, 0.2) is 0 Å². The van der Waals surface area contributed by atoms with E-state index in [4.69, 9.17) is 0 Å². The molecule has 0 radical (unpaired) electrons. The molecule has 1 aromatic carbocycles. The molecule has 1 saturated heterocycles. The number of aromatic amines is 1. The third kappa shape index (κ3) is 4.02. The first-order valence-electron chi connectivity index (χ1n) is 9.79. The van der Waals surface area contributed by atoms with Gasteiger partial charge in [0.1, 0.15) is 5.65 Å². The number of carbonyl (C=O) groups is 1. The third-order valence-corrected chi connectivity index (χ3v) is 5.27. The third-order valence-electron chi connectivity index (χ3n) is 5.27. The number of pyridine rings is 1. The van der Waals surface area contributed by atoms with Crippen molar-refractivity contribution in [3.63, 3.8) is 0 Å². The first-order valence-corrected chi connectivity index (χ1v) is 9.79. The van der Waals surface area contributed by atoms with E-state index in [0.717, 1.165) is 43.8 Å². The molecule has 0 bridgehead atoms. The lowest BCUT2D eigenvalue weighted by Crippen LogP contribution is -2.56. The van der Waals surface area contributed by atoms with Crippen LogP contribution in [0.4, 0.5) is 5.69 Å².